The topological polar surface area (TPSA) is 29.1 Å². The van der Waals surface area contributed by atoms with Crippen LogP contribution in [0.1, 0.15) is 0 Å². The van der Waals surface area contributed by atoms with Crippen molar-refractivity contribution in [3.8, 4) is 0 Å². The van der Waals surface area contributed by atoms with Gasteiger partial charge in [0.25, 0.3) is 5.91 Å². The van der Waals surface area contributed by atoms with Crippen LogP contribution < -0.4 is 5.32 Å². The van der Waals surface area contributed by atoms with E-state index in [2.05, 4.69) is 21.2 Å². The average molecular weight is 283 g/mol. The lowest BCUT2D eigenvalue weighted by Crippen LogP contribution is -2.18. The van der Waals surface area contributed by atoms with Gasteiger partial charge in [-0.05, 0) is 24.3 Å². The van der Waals surface area contributed by atoms with E-state index in [0.717, 1.165) is 4.47 Å². The van der Waals surface area contributed by atoms with E-state index in [1.165, 1.54) is 0 Å². The van der Waals surface area contributed by atoms with Gasteiger partial charge < -0.3 is 5.32 Å². The van der Waals surface area contributed by atoms with Crippen LogP contribution in [0.3, 0.4) is 0 Å². The van der Waals surface area contributed by atoms with Crippen LogP contribution in [-0.4, -0.2) is 10.7 Å². The number of rotatable bonds is 2. The van der Waals surface area contributed by atoms with Crippen molar-refractivity contribution < 1.29 is 4.79 Å². The van der Waals surface area contributed by atoms with Gasteiger partial charge >= 0.3 is 0 Å². The quantitative estimate of drug-likeness (QED) is 0.830. The molecule has 70 valence electrons. The molecule has 0 fully saturated rings. The molecule has 0 radical (unpaired) electrons. The predicted octanol–water partition coefficient (Wildman–Crippen LogP) is 3.19. The van der Waals surface area contributed by atoms with E-state index in [1.807, 2.05) is 12.1 Å². The fraction of sp³-hybridized carbons (Fsp3) is 0.125. The fourth-order valence-electron chi connectivity index (χ4n) is 0.730. The maximum absolute atomic E-state index is 11.0. The van der Waals surface area contributed by atoms with Gasteiger partial charge in [0.2, 0.25) is 0 Å². The van der Waals surface area contributed by atoms with Gasteiger partial charge in [0.05, 0.1) is 0 Å². The molecule has 1 aromatic carbocycles. The largest absolute Gasteiger partial charge is 0.324 e. The van der Waals surface area contributed by atoms with Gasteiger partial charge in [-0.1, -0.05) is 39.1 Å². The van der Waals surface area contributed by atoms with E-state index in [0.29, 0.717) is 5.69 Å². The molecule has 0 aliphatic rings. The number of nitrogens with one attached hydrogen (secondary N) is 1. The standard InChI is InChI=1S/C8H6BrCl2NO/c9-5-1-3-6(4-2-5)12-8(13)7(10)11/h1-4,7H,(H,12,13). The molecule has 5 heteroatoms. The molecule has 0 aliphatic heterocycles. The highest BCUT2D eigenvalue weighted by molar-refractivity contribution is 9.10. The molecule has 1 rings (SSSR count). The van der Waals surface area contributed by atoms with Gasteiger partial charge in [0.15, 0.2) is 4.84 Å². The van der Waals surface area contributed by atoms with Crippen LogP contribution in [0.2, 0.25) is 0 Å². The van der Waals surface area contributed by atoms with Crippen molar-refractivity contribution in [3.63, 3.8) is 0 Å². The molecule has 0 spiro atoms. The van der Waals surface area contributed by atoms with Crippen LogP contribution in [-0.2, 0) is 4.79 Å². The lowest BCUT2D eigenvalue weighted by molar-refractivity contribution is -0.114. The zero-order chi connectivity index (χ0) is 9.84. The van der Waals surface area contributed by atoms with E-state index in [4.69, 9.17) is 23.2 Å². The number of halogens is 3. The monoisotopic (exact) mass is 281 g/mol. The Hall–Kier alpha value is -0.250. The maximum Gasteiger partial charge on any atom is 0.257 e. The summed E-state index contributed by atoms with van der Waals surface area (Å²) >= 11 is 14.0. The van der Waals surface area contributed by atoms with Crippen molar-refractivity contribution in [2.24, 2.45) is 0 Å². The summed E-state index contributed by atoms with van der Waals surface area (Å²) in [6.07, 6.45) is 0. The van der Waals surface area contributed by atoms with Crippen molar-refractivity contribution in [3.05, 3.63) is 28.7 Å². The maximum atomic E-state index is 11.0. The second-order valence-corrected chi connectivity index (χ2v) is 4.31. The number of amides is 1. The molecule has 0 bridgehead atoms. The molecule has 0 saturated carbocycles. The minimum Gasteiger partial charge on any atom is -0.324 e. The highest BCUT2D eigenvalue weighted by Crippen LogP contribution is 2.15. The number of anilines is 1. The lowest BCUT2D eigenvalue weighted by atomic mass is 10.3. The molecule has 0 unspecified atom stereocenters. The Morgan fingerprint density at radius 2 is 1.85 bits per heavy atom. The number of carbonyl (C=O) groups excluding carboxylic acids is 1. The molecular weight excluding hydrogens is 277 g/mol. The lowest BCUT2D eigenvalue weighted by Gasteiger charge is -2.04. The van der Waals surface area contributed by atoms with Crippen LogP contribution in [0.15, 0.2) is 28.7 Å². The summed E-state index contributed by atoms with van der Waals surface area (Å²) in [6.45, 7) is 0. The first kappa shape index (κ1) is 10.8. The summed E-state index contributed by atoms with van der Waals surface area (Å²) in [4.78, 5) is 9.97. The Morgan fingerprint density at radius 3 is 2.31 bits per heavy atom. The van der Waals surface area contributed by atoms with Gasteiger partial charge in [-0.3, -0.25) is 4.79 Å². The van der Waals surface area contributed by atoms with Gasteiger partial charge in [0, 0.05) is 10.2 Å². The molecule has 0 aromatic heterocycles. The first-order valence-corrected chi connectivity index (χ1v) is 5.11. The van der Waals surface area contributed by atoms with E-state index in [1.54, 1.807) is 12.1 Å². The molecule has 0 aliphatic carbocycles. The summed E-state index contributed by atoms with van der Waals surface area (Å²) in [6, 6.07) is 7.12. The van der Waals surface area contributed by atoms with E-state index in [9.17, 15) is 4.79 Å². The number of hydrogen-bond donors (Lipinski definition) is 1. The second-order valence-electron chi connectivity index (χ2n) is 2.30. The molecule has 0 saturated heterocycles. The minimum atomic E-state index is -1.04. The SMILES string of the molecule is O=C(Nc1ccc(Br)cc1)C(Cl)Cl. The number of alkyl halides is 2. The second kappa shape index (κ2) is 4.84. The van der Waals surface area contributed by atoms with Crippen LogP contribution >= 0.6 is 39.1 Å². The Labute approximate surface area is 94.3 Å². The first-order chi connectivity index (χ1) is 6.09. The summed E-state index contributed by atoms with van der Waals surface area (Å²) in [5, 5.41) is 2.54. The van der Waals surface area contributed by atoms with Gasteiger partial charge in [0.1, 0.15) is 0 Å². The van der Waals surface area contributed by atoms with Gasteiger partial charge in [-0.2, -0.15) is 0 Å². The van der Waals surface area contributed by atoms with Crippen LogP contribution in [0, 0.1) is 0 Å². The fourth-order valence-corrected chi connectivity index (χ4v) is 1.10. The van der Waals surface area contributed by atoms with Gasteiger partial charge in [-0.15, -0.1) is 0 Å². The molecule has 0 heterocycles. The predicted molar refractivity (Wildman–Crippen MR) is 58.3 cm³/mol. The molecule has 1 aromatic rings. The van der Waals surface area contributed by atoms with Crippen molar-refractivity contribution >= 4 is 50.7 Å². The van der Waals surface area contributed by atoms with Crippen LogP contribution in [0.4, 0.5) is 5.69 Å². The van der Waals surface area contributed by atoms with Crippen molar-refractivity contribution in [1.29, 1.82) is 0 Å². The van der Waals surface area contributed by atoms with E-state index >= 15 is 0 Å². The summed E-state index contributed by atoms with van der Waals surface area (Å²) in [5.41, 5.74) is 0.666. The zero-order valence-electron chi connectivity index (χ0n) is 6.43. The third-order valence-electron chi connectivity index (χ3n) is 1.31. The number of hydrogen-bond acceptors (Lipinski definition) is 1. The number of carbonyl (C=O) groups is 1. The summed E-state index contributed by atoms with van der Waals surface area (Å²) in [5.74, 6) is -0.425. The molecule has 1 N–H and O–H groups in total. The Balaban J connectivity index is 2.65. The summed E-state index contributed by atoms with van der Waals surface area (Å²) in [7, 11) is 0. The third kappa shape index (κ3) is 3.55. The van der Waals surface area contributed by atoms with Gasteiger partial charge in [-0.25, -0.2) is 0 Å². The molecule has 13 heavy (non-hydrogen) atoms. The molecule has 1 amide bonds. The zero-order valence-corrected chi connectivity index (χ0v) is 9.53. The highest BCUT2D eigenvalue weighted by Gasteiger charge is 2.10. The van der Waals surface area contributed by atoms with E-state index < -0.39 is 10.7 Å². The van der Waals surface area contributed by atoms with Crippen molar-refractivity contribution in [1.82, 2.24) is 0 Å². The Bertz CT molecular complexity index is 300. The van der Waals surface area contributed by atoms with E-state index in [-0.39, 0.29) is 0 Å². The summed E-state index contributed by atoms with van der Waals surface area (Å²) < 4.78 is 0.943. The highest BCUT2D eigenvalue weighted by atomic mass is 79.9. The van der Waals surface area contributed by atoms with Crippen molar-refractivity contribution in [2.75, 3.05) is 5.32 Å². The normalized spacial score (nSPS) is 10.2. The Morgan fingerprint density at radius 1 is 1.31 bits per heavy atom. The van der Waals surface area contributed by atoms with Crippen LogP contribution in [0.25, 0.3) is 0 Å². The Kier molecular flexibility index (Phi) is 4.03. The smallest absolute Gasteiger partial charge is 0.257 e. The molecular formula is C8H6BrCl2NO. The third-order valence-corrected chi connectivity index (χ3v) is 2.24. The average Bonchev–Trinajstić information content (AvgIpc) is 2.08. The molecule has 2 nitrogen and oxygen atoms in total. The first-order valence-electron chi connectivity index (χ1n) is 3.44. The van der Waals surface area contributed by atoms with Crippen molar-refractivity contribution in [2.45, 2.75) is 4.84 Å². The number of benzene rings is 1. The van der Waals surface area contributed by atoms with Crippen LogP contribution in [0.5, 0.6) is 0 Å². The minimum absolute atomic E-state index is 0.425. The molecule has 0 atom stereocenters.